The molecule has 18 heavy (non-hydrogen) atoms. The predicted molar refractivity (Wildman–Crippen MR) is 77.8 cm³/mol. The lowest BCUT2D eigenvalue weighted by atomic mass is 10.1. The molecule has 1 aromatic rings. The Morgan fingerprint density at radius 2 is 2.00 bits per heavy atom. The summed E-state index contributed by atoms with van der Waals surface area (Å²) in [4.78, 5) is 14.2. The first kappa shape index (κ1) is 14.0. The Kier molecular flexibility index (Phi) is 4.81. The average Bonchev–Trinajstić information content (AvgIpc) is 2.38. The third-order valence-electron chi connectivity index (χ3n) is 3.22. The van der Waals surface area contributed by atoms with Crippen molar-refractivity contribution in [3.63, 3.8) is 0 Å². The van der Waals surface area contributed by atoms with Crippen molar-refractivity contribution in [1.29, 1.82) is 0 Å². The van der Waals surface area contributed by atoms with Crippen LogP contribution in [-0.4, -0.2) is 37.1 Å². The number of carbonyl (C=O) groups excluding carboxylic acids is 1. The lowest BCUT2D eigenvalue weighted by molar-refractivity contribution is 0.0361. The summed E-state index contributed by atoms with van der Waals surface area (Å²) in [6.07, 6.45) is 1.83. The highest BCUT2D eigenvalue weighted by atomic mass is 79.9. The van der Waals surface area contributed by atoms with Crippen molar-refractivity contribution in [3.8, 4) is 0 Å². The van der Waals surface area contributed by atoms with Gasteiger partial charge in [-0.15, -0.1) is 0 Å². The average molecular weight is 377 g/mol. The minimum atomic E-state index is 0.0567. The molecule has 1 saturated heterocycles. The number of nitrogens with zero attached hydrogens (tertiary/aromatic N) is 1. The molecule has 1 aliphatic rings. The van der Waals surface area contributed by atoms with Gasteiger partial charge in [-0.1, -0.05) is 15.9 Å². The molecule has 5 heteroatoms. The van der Waals surface area contributed by atoms with Gasteiger partial charge in [-0.25, -0.2) is 0 Å². The highest BCUT2D eigenvalue weighted by Crippen LogP contribution is 2.24. The molecule has 0 bridgehead atoms. The topological polar surface area (TPSA) is 29.5 Å². The zero-order valence-corrected chi connectivity index (χ0v) is 13.3. The lowest BCUT2D eigenvalue weighted by Gasteiger charge is -2.31. The number of ether oxygens (including phenoxy) is 1. The predicted octanol–water partition coefficient (Wildman–Crippen LogP) is 3.46. The number of benzene rings is 1. The maximum absolute atomic E-state index is 12.4. The number of halogens is 2. The van der Waals surface area contributed by atoms with E-state index in [1.165, 1.54) is 0 Å². The maximum Gasteiger partial charge on any atom is 0.254 e. The zero-order valence-electron chi connectivity index (χ0n) is 10.2. The first-order valence-corrected chi connectivity index (χ1v) is 7.48. The molecule has 1 aliphatic heterocycles. The molecule has 0 N–H and O–H groups in total. The van der Waals surface area contributed by atoms with Gasteiger partial charge in [-0.2, -0.15) is 0 Å². The van der Waals surface area contributed by atoms with Gasteiger partial charge in [0.25, 0.3) is 5.91 Å². The van der Waals surface area contributed by atoms with Gasteiger partial charge in [0.1, 0.15) is 0 Å². The van der Waals surface area contributed by atoms with Gasteiger partial charge in [0.15, 0.2) is 0 Å². The third kappa shape index (κ3) is 3.13. The van der Waals surface area contributed by atoms with Crippen LogP contribution >= 0.6 is 31.9 Å². The Labute approximate surface area is 124 Å². The van der Waals surface area contributed by atoms with E-state index in [9.17, 15) is 4.79 Å². The van der Waals surface area contributed by atoms with Crippen molar-refractivity contribution in [2.75, 3.05) is 20.3 Å². The normalized spacial score (nSPS) is 16.6. The van der Waals surface area contributed by atoms with E-state index in [2.05, 4.69) is 31.9 Å². The highest BCUT2D eigenvalue weighted by Gasteiger charge is 2.24. The Hall–Kier alpha value is -0.390. The van der Waals surface area contributed by atoms with Crippen LogP contribution in [0.3, 0.4) is 0 Å². The number of rotatable bonds is 2. The maximum atomic E-state index is 12.4. The molecule has 0 atom stereocenters. The molecule has 0 spiro atoms. The van der Waals surface area contributed by atoms with Crippen LogP contribution in [0.25, 0.3) is 0 Å². The van der Waals surface area contributed by atoms with Crippen LogP contribution in [0.4, 0.5) is 0 Å². The molecule has 0 saturated carbocycles. The molecule has 1 fully saturated rings. The Bertz CT molecular complexity index is 445. The second-order valence-electron chi connectivity index (χ2n) is 4.38. The van der Waals surface area contributed by atoms with Crippen molar-refractivity contribution in [1.82, 2.24) is 4.90 Å². The van der Waals surface area contributed by atoms with Crippen molar-refractivity contribution >= 4 is 37.8 Å². The number of amides is 1. The number of hydrogen-bond donors (Lipinski definition) is 0. The van der Waals surface area contributed by atoms with Crippen molar-refractivity contribution in [2.24, 2.45) is 0 Å². The smallest absolute Gasteiger partial charge is 0.254 e. The fourth-order valence-corrected chi connectivity index (χ4v) is 3.31. The molecule has 0 aromatic heterocycles. The van der Waals surface area contributed by atoms with Crippen molar-refractivity contribution in [3.05, 3.63) is 32.7 Å². The molecular weight excluding hydrogens is 362 g/mol. The summed E-state index contributed by atoms with van der Waals surface area (Å²) in [5, 5.41) is 0. The molecule has 98 valence electrons. The summed E-state index contributed by atoms with van der Waals surface area (Å²) >= 11 is 6.83. The molecule has 2 rings (SSSR count). The summed E-state index contributed by atoms with van der Waals surface area (Å²) in [5.41, 5.74) is 0.701. The van der Waals surface area contributed by atoms with E-state index < -0.39 is 0 Å². The molecule has 1 aromatic carbocycles. The largest absolute Gasteiger partial charge is 0.381 e. The minimum Gasteiger partial charge on any atom is -0.381 e. The van der Waals surface area contributed by atoms with E-state index >= 15 is 0 Å². The van der Waals surface area contributed by atoms with Gasteiger partial charge in [0.2, 0.25) is 0 Å². The molecular formula is C13H15Br2NO2. The van der Waals surface area contributed by atoms with Gasteiger partial charge >= 0.3 is 0 Å². The van der Waals surface area contributed by atoms with Gasteiger partial charge in [-0.3, -0.25) is 4.79 Å². The minimum absolute atomic E-state index is 0.0567. The van der Waals surface area contributed by atoms with Crippen LogP contribution in [0.1, 0.15) is 23.2 Å². The quantitative estimate of drug-likeness (QED) is 0.790. The first-order valence-electron chi connectivity index (χ1n) is 5.89. The summed E-state index contributed by atoms with van der Waals surface area (Å²) < 4.78 is 7.10. The van der Waals surface area contributed by atoms with Crippen LogP contribution < -0.4 is 0 Å². The number of hydrogen-bond acceptors (Lipinski definition) is 2. The van der Waals surface area contributed by atoms with Crippen molar-refractivity contribution in [2.45, 2.75) is 18.9 Å². The van der Waals surface area contributed by atoms with Gasteiger partial charge in [0.05, 0.1) is 5.56 Å². The van der Waals surface area contributed by atoms with Crippen LogP contribution in [0.15, 0.2) is 27.1 Å². The van der Waals surface area contributed by atoms with Gasteiger partial charge in [-0.05, 0) is 47.0 Å². The van der Waals surface area contributed by atoms with Crippen molar-refractivity contribution < 1.29 is 9.53 Å². The third-order valence-corrected chi connectivity index (χ3v) is 4.37. The van der Waals surface area contributed by atoms with Crippen LogP contribution in [0, 0.1) is 0 Å². The van der Waals surface area contributed by atoms with E-state index in [0.29, 0.717) is 5.56 Å². The first-order chi connectivity index (χ1) is 8.59. The van der Waals surface area contributed by atoms with Gasteiger partial charge < -0.3 is 9.64 Å². The second kappa shape index (κ2) is 6.17. The summed E-state index contributed by atoms with van der Waals surface area (Å²) in [5.74, 6) is 0.0567. The summed E-state index contributed by atoms with van der Waals surface area (Å²) in [6.45, 7) is 1.48. The molecule has 3 nitrogen and oxygen atoms in total. The van der Waals surface area contributed by atoms with Crippen LogP contribution in [0.5, 0.6) is 0 Å². The van der Waals surface area contributed by atoms with E-state index in [-0.39, 0.29) is 11.9 Å². The zero-order chi connectivity index (χ0) is 13.1. The Balaban J connectivity index is 2.14. The standard InChI is InChI=1S/C13H15Br2NO2/c1-16(10-4-6-18-7-5-10)13(17)11-3-2-9(14)8-12(11)15/h2-3,8,10H,4-7H2,1H3. The van der Waals surface area contributed by atoms with Crippen LogP contribution in [-0.2, 0) is 4.74 Å². The van der Waals surface area contributed by atoms with E-state index in [1.807, 2.05) is 30.1 Å². The Morgan fingerprint density at radius 1 is 1.33 bits per heavy atom. The molecule has 1 amide bonds. The molecule has 0 radical (unpaired) electrons. The number of carbonyl (C=O) groups is 1. The lowest BCUT2D eigenvalue weighted by Crippen LogP contribution is -2.40. The summed E-state index contributed by atoms with van der Waals surface area (Å²) in [7, 11) is 1.87. The second-order valence-corrected chi connectivity index (χ2v) is 6.15. The monoisotopic (exact) mass is 375 g/mol. The fourth-order valence-electron chi connectivity index (χ4n) is 2.09. The van der Waals surface area contributed by atoms with E-state index in [0.717, 1.165) is 35.0 Å². The molecule has 0 unspecified atom stereocenters. The van der Waals surface area contributed by atoms with Crippen LogP contribution in [0.2, 0.25) is 0 Å². The SMILES string of the molecule is CN(C(=O)c1ccc(Br)cc1Br)C1CCOCC1. The van der Waals surface area contributed by atoms with E-state index in [4.69, 9.17) is 4.74 Å². The molecule has 1 heterocycles. The highest BCUT2D eigenvalue weighted by molar-refractivity contribution is 9.11. The molecule has 0 aliphatic carbocycles. The Morgan fingerprint density at radius 3 is 2.61 bits per heavy atom. The summed E-state index contributed by atoms with van der Waals surface area (Å²) in [6, 6.07) is 5.90. The van der Waals surface area contributed by atoms with Gasteiger partial charge in [0, 0.05) is 35.2 Å². The fraction of sp³-hybridized carbons (Fsp3) is 0.462. The van der Waals surface area contributed by atoms with E-state index in [1.54, 1.807) is 0 Å².